The van der Waals surface area contributed by atoms with Gasteiger partial charge in [0.25, 0.3) is 0 Å². The standard InChI is InChI=1S/C13H11Cl4NOS/c14-6-9-7-20-12(18-9)2-1-3-19-13-10(16)4-8(15)5-11(13)17/h4-5,7H,1-3,6H2. The molecular formula is C13H11Cl4NOS. The molecule has 0 fully saturated rings. The molecule has 0 aliphatic heterocycles. The second kappa shape index (κ2) is 7.71. The molecule has 0 N–H and O–H groups in total. The first-order valence-corrected chi connectivity index (χ1v) is 8.41. The van der Waals surface area contributed by atoms with E-state index in [1.165, 1.54) is 0 Å². The van der Waals surface area contributed by atoms with Crippen molar-refractivity contribution in [3.8, 4) is 5.75 Å². The molecule has 0 radical (unpaired) electrons. The van der Waals surface area contributed by atoms with Crippen LogP contribution in [-0.2, 0) is 12.3 Å². The highest BCUT2D eigenvalue weighted by Gasteiger charge is 2.09. The van der Waals surface area contributed by atoms with Crippen molar-refractivity contribution in [2.45, 2.75) is 18.7 Å². The van der Waals surface area contributed by atoms with Crippen LogP contribution in [0.1, 0.15) is 17.1 Å². The Kier molecular flexibility index (Phi) is 6.24. The summed E-state index contributed by atoms with van der Waals surface area (Å²) in [7, 11) is 0. The van der Waals surface area contributed by atoms with Crippen LogP contribution in [0.3, 0.4) is 0 Å². The Morgan fingerprint density at radius 1 is 1.15 bits per heavy atom. The van der Waals surface area contributed by atoms with E-state index >= 15 is 0 Å². The van der Waals surface area contributed by atoms with Crippen LogP contribution >= 0.6 is 57.7 Å². The number of rotatable bonds is 6. The molecule has 0 bridgehead atoms. The Morgan fingerprint density at radius 3 is 2.45 bits per heavy atom. The molecule has 0 spiro atoms. The number of aryl methyl sites for hydroxylation is 1. The molecule has 0 saturated carbocycles. The summed E-state index contributed by atoms with van der Waals surface area (Å²) < 4.78 is 5.61. The molecule has 1 aromatic heterocycles. The summed E-state index contributed by atoms with van der Waals surface area (Å²) >= 11 is 25.2. The molecule has 7 heteroatoms. The first kappa shape index (κ1) is 16.2. The van der Waals surface area contributed by atoms with Crippen LogP contribution in [0.25, 0.3) is 0 Å². The molecule has 2 aromatic rings. The van der Waals surface area contributed by atoms with Crippen LogP contribution in [-0.4, -0.2) is 11.6 Å². The van der Waals surface area contributed by atoms with Gasteiger partial charge in [-0.1, -0.05) is 34.8 Å². The van der Waals surface area contributed by atoms with Gasteiger partial charge in [-0.3, -0.25) is 0 Å². The van der Waals surface area contributed by atoms with Crippen molar-refractivity contribution in [2.24, 2.45) is 0 Å². The third-order valence-corrected chi connectivity index (χ3v) is 4.49. The van der Waals surface area contributed by atoms with E-state index in [9.17, 15) is 0 Å². The van der Waals surface area contributed by atoms with Crippen molar-refractivity contribution in [1.29, 1.82) is 0 Å². The lowest BCUT2D eigenvalue weighted by molar-refractivity contribution is 0.311. The minimum Gasteiger partial charge on any atom is -0.490 e. The summed E-state index contributed by atoms with van der Waals surface area (Å²) in [6.45, 7) is 0.511. The SMILES string of the molecule is ClCc1csc(CCCOc2c(Cl)cc(Cl)cc2Cl)n1. The van der Waals surface area contributed by atoms with Crippen molar-refractivity contribution in [3.05, 3.63) is 43.3 Å². The largest absolute Gasteiger partial charge is 0.490 e. The fourth-order valence-corrected chi connectivity index (χ4v) is 3.58. The monoisotopic (exact) mass is 369 g/mol. The number of benzene rings is 1. The maximum atomic E-state index is 6.03. The van der Waals surface area contributed by atoms with Gasteiger partial charge in [-0.05, 0) is 18.6 Å². The number of hydrogen-bond donors (Lipinski definition) is 0. The number of halogens is 4. The van der Waals surface area contributed by atoms with Gasteiger partial charge in [-0.25, -0.2) is 4.98 Å². The van der Waals surface area contributed by atoms with Crippen molar-refractivity contribution in [2.75, 3.05) is 6.61 Å². The molecule has 0 unspecified atom stereocenters. The lowest BCUT2D eigenvalue weighted by Gasteiger charge is -2.09. The van der Waals surface area contributed by atoms with Gasteiger partial charge in [0.1, 0.15) is 0 Å². The quantitative estimate of drug-likeness (QED) is 0.469. The average Bonchev–Trinajstić information content (AvgIpc) is 2.84. The summed E-state index contributed by atoms with van der Waals surface area (Å²) in [5.74, 6) is 0.918. The molecule has 1 aromatic carbocycles. The molecule has 0 saturated heterocycles. The predicted octanol–water partition coefficient (Wildman–Crippen LogP) is 5.85. The zero-order valence-electron chi connectivity index (χ0n) is 10.3. The number of ether oxygens (including phenoxy) is 1. The van der Waals surface area contributed by atoms with Crippen LogP contribution in [0.2, 0.25) is 15.1 Å². The molecule has 2 nitrogen and oxygen atoms in total. The summed E-state index contributed by atoms with van der Waals surface area (Å²) in [6, 6.07) is 3.22. The van der Waals surface area contributed by atoms with Gasteiger partial charge in [-0.15, -0.1) is 22.9 Å². The molecule has 1 heterocycles. The number of thiazole rings is 1. The minimum absolute atomic E-state index is 0.418. The van der Waals surface area contributed by atoms with Crippen molar-refractivity contribution in [3.63, 3.8) is 0 Å². The Labute approximate surface area is 141 Å². The Hall–Kier alpha value is -0.190. The van der Waals surface area contributed by atoms with E-state index in [0.717, 1.165) is 23.5 Å². The van der Waals surface area contributed by atoms with Crippen LogP contribution in [0.15, 0.2) is 17.5 Å². The van der Waals surface area contributed by atoms with Crippen molar-refractivity contribution < 1.29 is 4.74 Å². The van der Waals surface area contributed by atoms with Gasteiger partial charge in [0.15, 0.2) is 5.75 Å². The summed E-state index contributed by atoms with van der Waals surface area (Å²) in [5, 5.41) is 4.35. The van der Waals surface area contributed by atoms with Crippen molar-refractivity contribution >= 4 is 57.7 Å². The highest BCUT2D eigenvalue weighted by molar-refractivity contribution is 7.09. The van der Waals surface area contributed by atoms with E-state index in [4.69, 9.17) is 51.1 Å². The number of aromatic nitrogens is 1. The number of nitrogens with zero attached hydrogens (tertiary/aromatic N) is 1. The fourth-order valence-electron chi connectivity index (χ4n) is 1.59. The Morgan fingerprint density at radius 2 is 1.85 bits per heavy atom. The molecule has 0 aliphatic carbocycles. The second-order valence-electron chi connectivity index (χ2n) is 4.02. The Bertz CT molecular complexity index is 564. The van der Waals surface area contributed by atoms with Crippen LogP contribution in [0.5, 0.6) is 5.75 Å². The molecule has 108 valence electrons. The van der Waals surface area contributed by atoms with Crippen LogP contribution in [0.4, 0.5) is 0 Å². The molecule has 0 aliphatic rings. The van der Waals surface area contributed by atoms with Crippen LogP contribution in [0, 0.1) is 0 Å². The van der Waals surface area contributed by atoms with E-state index in [2.05, 4.69) is 4.98 Å². The zero-order chi connectivity index (χ0) is 14.5. The third kappa shape index (κ3) is 4.40. The van der Waals surface area contributed by atoms with Crippen molar-refractivity contribution in [1.82, 2.24) is 4.98 Å². The minimum atomic E-state index is 0.418. The normalized spacial score (nSPS) is 10.8. The van der Waals surface area contributed by atoms with Gasteiger partial charge in [0.2, 0.25) is 0 Å². The van der Waals surface area contributed by atoms with Gasteiger partial charge in [0.05, 0.1) is 33.2 Å². The van der Waals surface area contributed by atoms with Gasteiger partial charge < -0.3 is 4.74 Å². The third-order valence-electron chi connectivity index (χ3n) is 2.48. The zero-order valence-corrected chi connectivity index (χ0v) is 14.2. The van der Waals surface area contributed by atoms with E-state index in [1.54, 1.807) is 23.5 Å². The Balaban J connectivity index is 1.84. The predicted molar refractivity (Wildman–Crippen MR) is 87.0 cm³/mol. The molecule has 0 amide bonds. The van der Waals surface area contributed by atoms with Gasteiger partial charge in [0, 0.05) is 16.8 Å². The van der Waals surface area contributed by atoms with E-state index in [0.29, 0.717) is 33.3 Å². The van der Waals surface area contributed by atoms with Gasteiger partial charge >= 0.3 is 0 Å². The lowest BCUT2D eigenvalue weighted by atomic mass is 10.3. The molecular weight excluding hydrogens is 360 g/mol. The second-order valence-corrected chi connectivity index (χ2v) is 6.48. The fraction of sp³-hybridized carbons (Fsp3) is 0.308. The maximum absolute atomic E-state index is 6.03. The summed E-state index contributed by atoms with van der Waals surface area (Å²) in [6.07, 6.45) is 1.66. The smallest absolute Gasteiger partial charge is 0.156 e. The topological polar surface area (TPSA) is 22.1 Å². The van der Waals surface area contributed by atoms with E-state index in [1.807, 2.05) is 5.38 Å². The maximum Gasteiger partial charge on any atom is 0.156 e. The number of alkyl halides is 1. The summed E-state index contributed by atoms with van der Waals surface area (Å²) in [5.41, 5.74) is 0.913. The molecule has 2 rings (SSSR count). The molecule has 20 heavy (non-hydrogen) atoms. The van der Waals surface area contributed by atoms with Crippen LogP contribution < -0.4 is 4.74 Å². The first-order valence-electron chi connectivity index (χ1n) is 5.86. The number of hydrogen-bond acceptors (Lipinski definition) is 3. The average molecular weight is 371 g/mol. The van der Waals surface area contributed by atoms with E-state index in [-0.39, 0.29) is 0 Å². The highest BCUT2D eigenvalue weighted by atomic mass is 35.5. The first-order chi connectivity index (χ1) is 9.60. The molecule has 0 atom stereocenters. The summed E-state index contributed by atoms with van der Waals surface area (Å²) in [4.78, 5) is 4.38. The van der Waals surface area contributed by atoms with Gasteiger partial charge in [-0.2, -0.15) is 0 Å². The van der Waals surface area contributed by atoms with E-state index < -0.39 is 0 Å². The highest BCUT2D eigenvalue weighted by Crippen LogP contribution is 2.35. The lowest BCUT2D eigenvalue weighted by Crippen LogP contribution is -2.00.